The van der Waals surface area contributed by atoms with Crippen LogP contribution in [0.25, 0.3) is 23.1 Å². The predicted octanol–water partition coefficient (Wildman–Crippen LogP) is 5.64. The molecular weight excluding hydrogens is 345 g/mol. The highest BCUT2D eigenvalue weighted by Gasteiger charge is 2.07. The lowest BCUT2D eigenvalue weighted by molar-refractivity contribution is -0.131. The van der Waals surface area contributed by atoms with Gasteiger partial charge >= 0.3 is 5.97 Å². The van der Waals surface area contributed by atoms with Gasteiger partial charge in [-0.1, -0.05) is 47.5 Å². The fraction of sp³-hybridized carbons (Fsp3) is 0.0526. The smallest absolute Gasteiger partial charge is 0.308 e. The summed E-state index contributed by atoms with van der Waals surface area (Å²) in [6.45, 7) is 1.36. The van der Waals surface area contributed by atoms with Crippen LogP contribution in [0.5, 0.6) is 5.75 Å². The number of fused-ring (bicyclic) bond motifs is 1. The fourth-order valence-electron chi connectivity index (χ4n) is 2.30. The van der Waals surface area contributed by atoms with Crippen LogP contribution in [-0.4, -0.2) is 11.0 Å². The number of hydrogen-bond acceptors (Lipinski definition) is 3. The second-order valence-electron chi connectivity index (χ2n) is 5.13. The molecule has 24 heavy (non-hydrogen) atoms. The average molecular weight is 358 g/mol. The number of benzene rings is 2. The van der Waals surface area contributed by atoms with Gasteiger partial charge in [0.25, 0.3) is 0 Å². The number of pyridine rings is 1. The normalized spacial score (nSPS) is 11.1. The molecule has 0 bridgehead atoms. The second-order valence-corrected chi connectivity index (χ2v) is 5.94. The Labute approximate surface area is 149 Å². The van der Waals surface area contributed by atoms with Crippen LogP contribution in [-0.2, 0) is 4.79 Å². The van der Waals surface area contributed by atoms with Crippen molar-refractivity contribution in [2.45, 2.75) is 6.92 Å². The molecule has 3 aromatic rings. The van der Waals surface area contributed by atoms with Crippen molar-refractivity contribution in [2.24, 2.45) is 0 Å². The molecule has 120 valence electrons. The molecule has 1 aromatic heterocycles. The van der Waals surface area contributed by atoms with Gasteiger partial charge in [0, 0.05) is 27.9 Å². The summed E-state index contributed by atoms with van der Waals surface area (Å²) in [5, 5.41) is 2.03. The molecule has 0 N–H and O–H groups in total. The van der Waals surface area contributed by atoms with Crippen molar-refractivity contribution in [3.8, 4) is 5.75 Å². The lowest BCUT2D eigenvalue weighted by Crippen LogP contribution is -2.02. The van der Waals surface area contributed by atoms with E-state index >= 15 is 0 Å². The first-order valence-electron chi connectivity index (χ1n) is 7.25. The van der Waals surface area contributed by atoms with E-state index in [0.717, 1.165) is 10.9 Å². The van der Waals surface area contributed by atoms with Gasteiger partial charge < -0.3 is 4.74 Å². The quantitative estimate of drug-likeness (QED) is 0.449. The summed E-state index contributed by atoms with van der Waals surface area (Å²) < 4.78 is 5.22. The van der Waals surface area contributed by atoms with Crippen molar-refractivity contribution in [3.05, 3.63) is 69.8 Å². The Morgan fingerprint density at radius 2 is 1.71 bits per heavy atom. The van der Waals surface area contributed by atoms with E-state index in [2.05, 4.69) is 4.98 Å². The number of hydrogen-bond donors (Lipinski definition) is 0. The van der Waals surface area contributed by atoms with Gasteiger partial charge in [0.15, 0.2) is 5.75 Å². The Balaban J connectivity index is 2.01. The van der Waals surface area contributed by atoms with Crippen LogP contribution in [0.2, 0.25) is 10.0 Å². The number of carbonyl (C=O) groups excluding carboxylic acids is 1. The molecule has 0 spiro atoms. The third-order valence-corrected chi connectivity index (χ3v) is 4.04. The molecule has 0 aliphatic carbocycles. The van der Waals surface area contributed by atoms with Crippen molar-refractivity contribution in [1.29, 1.82) is 0 Å². The van der Waals surface area contributed by atoms with Crippen molar-refractivity contribution in [1.82, 2.24) is 4.98 Å². The van der Waals surface area contributed by atoms with Crippen LogP contribution in [0.4, 0.5) is 0 Å². The van der Waals surface area contributed by atoms with E-state index in [1.807, 2.05) is 36.4 Å². The van der Waals surface area contributed by atoms with Gasteiger partial charge in [-0.25, -0.2) is 4.98 Å². The molecule has 0 radical (unpaired) electrons. The fourth-order valence-corrected chi connectivity index (χ4v) is 2.83. The van der Waals surface area contributed by atoms with Crippen molar-refractivity contribution < 1.29 is 9.53 Å². The minimum absolute atomic E-state index is 0.381. The zero-order valence-electron chi connectivity index (χ0n) is 12.8. The van der Waals surface area contributed by atoms with E-state index in [4.69, 9.17) is 27.9 Å². The average Bonchev–Trinajstić information content (AvgIpc) is 2.54. The molecule has 0 saturated heterocycles. The predicted molar refractivity (Wildman–Crippen MR) is 98.4 cm³/mol. The molecule has 3 rings (SSSR count). The number of aromatic nitrogens is 1. The number of para-hydroxylation sites is 1. The first kappa shape index (κ1) is 16.5. The highest BCUT2D eigenvalue weighted by Crippen LogP contribution is 2.27. The van der Waals surface area contributed by atoms with Crippen LogP contribution >= 0.6 is 23.2 Å². The molecule has 5 heteroatoms. The van der Waals surface area contributed by atoms with Gasteiger partial charge in [0.2, 0.25) is 0 Å². The van der Waals surface area contributed by atoms with Crippen LogP contribution in [0, 0.1) is 0 Å². The van der Waals surface area contributed by atoms with E-state index in [0.29, 0.717) is 27.0 Å². The standard InChI is InChI=1S/C19H13Cl2NO2/c1-12(23)24-18-7-2-4-13-8-9-14(22-19(13)18)10-11-15-16(20)5-3-6-17(15)21/h2-11H,1H3. The van der Waals surface area contributed by atoms with E-state index in [1.54, 1.807) is 24.3 Å². The number of rotatable bonds is 3. The zero-order chi connectivity index (χ0) is 17.1. The summed E-state index contributed by atoms with van der Waals surface area (Å²) in [6.07, 6.45) is 3.63. The summed E-state index contributed by atoms with van der Waals surface area (Å²) in [5.41, 5.74) is 2.06. The highest BCUT2D eigenvalue weighted by atomic mass is 35.5. The minimum Gasteiger partial charge on any atom is -0.424 e. The number of carbonyl (C=O) groups is 1. The molecule has 0 unspecified atom stereocenters. The maximum absolute atomic E-state index is 11.2. The molecule has 2 aromatic carbocycles. The summed E-state index contributed by atoms with van der Waals surface area (Å²) in [4.78, 5) is 15.8. The number of nitrogens with zero attached hydrogens (tertiary/aromatic N) is 1. The van der Waals surface area contributed by atoms with Gasteiger partial charge in [-0.15, -0.1) is 0 Å². The maximum atomic E-state index is 11.2. The van der Waals surface area contributed by atoms with Crippen LogP contribution in [0.3, 0.4) is 0 Å². The van der Waals surface area contributed by atoms with Crippen molar-refractivity contribution in [2.75, 3.05) is 0 Å². The van der Waals surface area contributed by atoms with E-state index in [-0.39, 0.29) is 5.97 Å². The highest BCUT2D eigenvalue weighted by molar-refractivity contribution is 6.37. The Bertz CT molecular complexity index is 931. The molecule has 0 aliphatic rings. The summed E-state index contributed by atoms with van der Waals surface area (Å²) in [7, 11) is 0. The molecule has 0 amide bonds. The third kappa shape index (κ3) is 3.58. The van der Waals surface area contributed by atoms with Gasteiger partial charge in [0.1, 0.15) is 5.52 Å². The third-order valence-electron chi connectivity index (χ3n) is 3.38. The number of esters is 1. The molecule has 0 saturated carbocycles. The van der Waals surface area contributed by atoms with E-state index in [9.17, 15) is 4.79 Å². The Morgan fingerprint density at radius 1 is 1.00 bits per heavy atom. The lowest BCUT2D eigenvalue weighted by atomic mass is 10.1. The molecule has 0 atom stereocenters. The minimum atomic E-state index is -0.381. The Hall–Kier alpha value is -2.36. The first-order valence-corrected chi connectivity index (χ1v) is 8.00. The monoisotopic (exact) mass is 357 g/mol. The Morgan fingerprint density at radius 3 is 2.42 bits per heavy atom. The zero-order valence-corrected chi connectivity index (χ0v) is 14.3. The molecular formula is C19H13Cl2NO2. The topological polar surface area (TPSA) is 39.2 Å². The number of halogens is 2. The van der Waals surface area contributed by atoms with Crippen molar-refractivity contribution >= 4 is 52.2 Å². The SMILES string of the molecule is CC(=O)Oc1cccc2ccc(C=Cc3c(Cl)cccc3Cl)nc12. The molecule has 0 fully saturated rings. The van der Waals surface area contributed by atoms with E-state index in [1.165, 1.54) is 6.92 Å². The first-order chi connectivity index (χ1) is 11.5. The van der Waals surface area contributed by atoms with E-state index < -0.39 is 0 Å². The number of ether oxygens (including phenoxy) is 1. The van der Waals surface area contributed by atoms with Gasteiger partial charge in [0.05, 0.1) is 5.69 Å². The summed E-state index contributed by atoms with van der Waals surface area (Å²) in [5.74, 6) is 0.0547. The van der Waals surface area contributed by atoms with Crippen molar-refractivity contribution in [3.63, 3.8) is 0 Å². The van der Waals surface area contributed by atoms with Gasteiger partial charge in [-0.05, 0) is 36.4 Å². The summed E-state index contributed by atoms with van der Waals surface area (Å²) in [6, 6.07) is 14.6. The lowest BCUT2D eigenvalue weighted by Gasteiger charge is -2.06. The summed E-state index contributed by atoms with van der Waals surface area (Å²) >= 11 is 12.3. The van der Waals surface area contributed by atoms with Gasteiger partial charge in [-0.2, -0.15) is 0 Å². The maximum Gasteiger partial charge on any atom is 0.308 e. The largest absolute Gasteiger partial charge is 0.424 e. The van der Waals surface area contributed by atoms with Crippen LogP contribution < -0.4 is 4.74 Å². The Kier molecular flexibility index (Phi) is 4.84. The molecule has 1 heterocycles. The van der Waals surface area contributed by atoms with Crippen LogP contribution in [0.1, 0.15) is 18.2 Å². The molecule has 0 aliphatic heterocycles. The molecule has 3 nitrogen and oxygen atoms in total. The van der Waals surface area contributed by atoms with Crippen LogP contribution in [0.15, 0.2) is 48.5 Å². The van der Waals surface area contributed by atoms with Gasteiger partial charge in [-0.3, -0.25) is 4.79 Å². The second kappa shape index (κ2) is 7.04.